The first-order valence-corrected chi connectivity index (χ1v) is 9.12. The van der Waals surface area contributed by atoms with E-state index in [1.165, 1.54) is 11.3 Å². The van der Waals surface area contributed by atoms with E-state index in [2.05, 4.69) is 26.5 Å². The summed E-state index contributed by atoms with van der Waals surface area (Å²) in [6, 6.07) is 20.3. The van der Waals surface area contributed by atoms with E-state index in [0.29, 0.717) is 6.42 Å². The molecule has 0 unspecified atom stereocenters. The molecule has 0 spiro atoms. The van der Waals surface area contributed by atoms with Gasteiger partial charge in [0.15, 0.2) is 0 Å². The SMILES string of the molecule is CN(CCC#N)c1ccc(C=NNc2nc(-c3ccccc3)cs2)cc1. The van der Waals surface area contributed by atoms with Gasteiger partial charge in [-0.15, -0.1) is 11.3 Å². The van der Waals surface area contributed by atoms with E-state index in [0.717, 1.165) is 34.2 Å². The van der Waals surface area contributed by atoms with E-state index in [1.54, 1.807) is 6.21 Å². The number of hydrogen-bond donors (Lipinski definition) is 1. The van der Waals surface area contributed by atoms with Crippen LogP contribution in [0.3, 0.4) is 0 Å². The molecule has 0 aliphatic heterocycles. The molecule has 5 nitrogen and oxygen atoms in total. The summed E-state index contributed by atoms with van der Waals surface area (Å²) in [5.74, 6) is 0. The van der Waals surface area contributed by atoms with Crippen LogP contribution in [-0.4, -0.2) is 24.8 Å². The maximum absolute atomic E-state index is 8.66. The Labute approximate surface area is 157 Å². The van der Waals surface area contributed by atoms with Crippen LogP contribution in [0.1, 0.15) is 12.0 Å². The molecule has 0 amide bonds. The number of anilines is 2. The summed E-state index contributed by atoms with van der Waals surface area (Å²) in [6.45, 7) is 0.722. The number of nitriles is 1. The van der Waals surface area contributed by atoms with Gasteiger partial charge in [-0.3, -0.25) is 5.43 Å². The van der Waals surface area contributed by atoms with E-state index >= 15 is 0 Å². The fourth-order valence-corrected chi connectivity index (χ4v) is 3.06. The second kappa shape index (κ2) is 8.79. The highest BCUT2D eigenvalue weighted by Gasteiger charge is 2.03. The van der Waals surface area contributed by atoms with Gasteiger partial charge in [0.05, 0.1) is 24.4 Å². The predicted molar refractivity (Wildman–Crippen MR) is 109 cm³/mol. The van der Waals surface area contributed by atoms with Gasteiger partial charge in [0.1, 0.15) is 0 Å². The normalized spacial score (nSPS) is 10.6. The van der Waals surface area contributed by atoms with Gasteiger partial charge in [-0.2, -0.15) is 10.4 Å². The molecule has 6 heteroatoms. The Balaban J connectivity index is 1.57. The van der Waals surface area contributed by atoms with Gasteiger partial charge in [0.2, 0.25) is 5.13 Å². The van der Waals surface area contributed by atoms with Crippen molar-refractivity contribution < 1.29 is 0 Å². The molecule has 1 heterocycles. The van der Waals surface area contributed by atoms with Crippen molar-refractivity contribution in [3.05, 3.63) is 65.5 Å². The van der Waals surface area contributed by atoms with E-state index in [-0.39, 0.29) is 0 Å². The lowest BCUT2D eigenvalue weighted by atomic mass is 10.2. The van der Waals surface area contributed by atoms with Gasteiger partial charge in [0.25, 0.3) is 0 Å². The number of nitrogens with one attached hydrogen (secondary N) is 1. The van der Waals surface area contributed by atoms with Crippen LogP contribution in [0.25, 0.3) is 11.3 Å². The molecule has 1 aromatic heterocycles. The van der Waals surface area contributed by atoms with Crippen molar-refractivity contribution in [2.24, 2.45) is 5.10 Å². The van der Waals surface area contributed by atoms with Crippen LogP contribution in [-0.2, 0) is 0 Å². The third kappa shape index (κ3) is 4.68. The minimum absolute atomic E-state index is 0.516. The number of rotatable bonds is 7. The molecule has 0 saturated heterocycles. The fraction of sp³-hybridized carbons (Fsp3) is 0.150. The fourth-order valence-electron chi connectivity index (χ4n) is 2.39. The Hall–Kier alpha value is -3.17. The van der Waals surface area contributed by atoms with Crippen molar-refractivity contribution in [1.29, 1.82) is 5.26 Å². The van der Waals surface area contributed by atoms with E-state index in [4.69, 9.17) is 5.26 Å². The highest BCUT2D eigenvalue weighted by molar-refractivity contribution is 7.14. The zero-order valence-electron chi connectivity index (χ0n) is 14.5. The minimum atomic E-state index is 0.516. The smallest absolute Gasteiger partial charge is 0.203 e. The van der Waals surface area contributed by atoms with Crippen LogP contribution < -0.4 is 10.3 Å². The van der Waals surface area contributed by atoms with Gasteiger partial charge in [0, 0.05) is 30.2 Å². The molecule has 2 aromatic carbocycles. The maximum Gasteiger partial charge on any atom is 0.203 e. The van der Waals surface area contributed by atoms with Crippen LogP contribution in [0.2, 0.25) is 0 Å². The monoisotopic (exact) mass is 361 g/mol. The molecular formula is C20H19N5S. The summed E-state index contributed by atoms with van der Waals surface area (Å²) in [4.78, 5) is 6.60. The second-order valence-electron chi connectivity index (χ2n) is 5.70. The summed E-state index contributed by atoms with van der Waals surface area (Å²) in [5.41, 5.74) is 7.09. The molecule has 0 saturated carbocycles. The molecular weight excluding hydrogens is 342 g/mol. The minimum Gasteiger partial charge on any atom is -0.374 e. The van der Waals surface area contributed by atoms with Gasteiger partial charge in [-0.05, 0) is 17.7 Å². The summed E-state index contributed by atoms with van der Waals surface area (Å²) in [6.07, 6.45) is 2.28. The first-order valence-electron chi connectivity index (χ1n) is 8.24. The molecule has 3 aromatic rings. The summed E-state index contributed by atoms with van der Waals surface area (Å²) >= 11 is 1.52. The number of nitrogens with zero attached hydrogens (tertiary/aromatic N) is 4. The van der Waals surface area contributed by atoms with Crippen molar-refractivity contribution >= 4 is 28.4 Å². The molecule has 0 bridgehead atoms. The van der Waals surface area contributed by atoms with Crippen molar-refractivity contribution in [3.8, 4) is 17.3 Å². The van der Waals surface area contributed by atoms with Crippen LogP contribution in [0, 0.1) is 11.3 Å². The number of hydrazone groups is 1. The molecule has 0 radical (unpaired) electrons. The Morgan fingerprint density at radius 2 is 1.96 bits per heavy atom. The topological polar surface area (TPSA) is 64.3 Å². The van der Waals surface area contributed by atoms with Crippen molar-refractivity contribution in [3.63, 3.8) is 0 Å². The Kier molecular flexibility index (Phi) is 5.96. The number of thiazole rings is 1. The van der Waals surface area contributed by atoms with Gasteiger partial charge < -0.3 is 4.90 Å². The second-order valence-corrected chi connectivity index (χ2v) is 6.55. The lowest BCUT2D eigenvalue weighted by molar-refractivity contribution is 0.905. The van der Waals surface area contributed by atoms with Gasteiger partial charge >= 0.3 is 0 Å². The van der Waals surface area contributed by atoms with Gasteiger partial charge in [-0.25, -0.2) is 4.98 Å². The molecule has 1 N–H and O–H groups in total. The molecule has 26 heavy (non-hydrogen) atoms. The Morgan fingerprint density at radius 1 is 1.19 bits per heavy atom. The molecule has 0 aliphatic carbocycles. The maximum atomic E-state index is 8.66. The van der Waals surface area contributed by atoms with Crippen LogP contribution in [0.15, 0.2) is 65.1 Å². The molecule has 130 valence electrons. The largest absolute Gasteiger partial charge is 0.374 e. The third-order valence-corrected chi connectivity index (χ3v) is 4.59. The first-order chi connectivity index (χ1) is 12.8. The van der Waals surface area contributed by atoms with Crippen molar-refractivity contribution in [1.82, 2.24) is 4.98 Å². The zero-order chi connectivity index (χ0) is 18.2. The Bertz CT molecular complexity index is 894. The number of benzene rings is 2. The lowest BCUT2D eigenvalue weighted by Crippen LogP contribution is -2.17. The van der Waals surface area contributed by atoms with Crippen LogP contribution in [0.5, 0.6) is 0 Å². The molecule has 0 aliphatic rings. The summed E-state index contributed by atoms with van der Waals surface area (Å²) in [5, 5.41) is 15.7. The standard InChI is InChI=1S/C20H19N5S/c1-25(13-5-12-21)18-10-8-16(9-11-18)14-22-24-20-23-19(15-26-20)17-6-3-2-4-7-17/h2-4,6-11,14-15H,5,13H2,1H3,(H,23,24). The number of aromatic nitrogens is 1. The lowest BCUT2D eigenvalue weighted by Gasteiger charge is -2.17. The molecule has 3 rings (SSSR count). The van der Waals surface area contributed by atoms with Crippen molar-refractivity contribution in [2.45, 2.75) is 6.42 Å². The highest BCUT2D eigenvalue weighted by Crippen LogP contribution is 2.24. The summed E-state index contributed by atoms with van der Waals surface area (Å²) < 4.78 is 0. The van der Waals surface area contributed by atoms with Crippen molar-refractivity contribution in [2.75, 3.05) is 23.9 Å². The molecule has 0 atom stereocenters. The van der Waals surface area contributed by atoms with E-state index in [1.807, 2.05) is 67.0 Å². The number of hydrogen-bond acceptors (Lipinski definition) is 6. The average Bonchev–Trinajstić information content (AvgIpc) is 3.16. The predicted octanol–water partition coefficient (Wildman–Crippen LogP) is 4.61. The third-order valence-electron chi connectivity index (χ3n) is 3.84. The first kappa shape index (κ1) is 17.6. The molecule has 0 fully saturated rings. The average molecular weight is 361 g/mol. The van der Waals surface area contributed by atoms with Gasteiger partial charge in [-0.1, -0.05) is 42.5 Å². The van der Waals surface area contributed by atoms with E-state index in [9.17, 15) is 0 Å². The highest BCUT2D eigenvalue weighted by atomic mass is 32.1. The summed E-state index contributed by atoms with van der Waals surface area (Å²) in [7, 11) is 1.98. The van der Waals surface area contributed by atoms with E-state index < -0.39 is 0 Å². The zero-order valence-corrected chi connectivity index (χ0v) is 15.3. The van der Waals surface area contributed by atoms with Crippen LogP contribution in [0.4, 0.5) is 10.8 Å². The van der Waals surface area contributed by atoms with Crippen LogP contribution >= 0.6 is 11.3 Å². The quantitative estimate of drug-likeness (QED) is 0.493. The Morgan fingerprint density at radius 3 is 2.69 bits per heavy atom.